The molecule has 1 aromatic heterocycles. The quantitative estimate of drug-likeness (QED) is 0.725. The van der Waals surface area contributed by atoms with Gasteiger partial charge in [-0.1, -0.05) is 30.3 Å². The van der Waals surface area contributed by atoms with Crippen molar-refractivity contribution in [3.05, 3.63) is 65.6 Å². The first-order chi connectivity index (χ1) is 14.6. The summed E-state index contributed by atoms with van der Waals surface area (Å²) >= 11 is 0. The van der Waals surface area contributed by atoms with Gasteiger partial charge in [-0.2, -0.15) is 0 Å². The van der Waals surface area contributed by atoms with Crippen LogP contribution in [0.5, 0.6) is 0 Å². The first kappa shape index (κ1) is 19.1. The number of amides is 1. The smallest absolute Gasteiger partial charge is 0.239 e. The van der Waals surface area contributed by atoms with Crippen LogP contribution < -0.4 is 4.90 Å². The van der Waals surface area contributed by atoms with E-state index in [0.717, 1.165) is 44.7 Å². The summed E-state index contributed by atoms with van der Waals surface area (Å²) in [5.41, 5.74) is 4.31. The van der Waals surface area contributed by atoms with E-state index >= 15 is 0 Å². The van der Waals surface area contributed by atoms with Gasteiger partial charge in [-0.25, -0.2) is 4.39 Å². The molecule has 1 atom stereocenters. The molecule has 30 heavy (non-hydrogen) atoms. The van der Waals surface area contributed by atoms with Crippen LogP contribution in [0.4, 0.5) is 10.1 Å². The van der Waals surface area contributed by atoms with Gasteiger partial charge >= 0.3 is 0 Å². The van der Waals surface area contributed by atoms with Crippen molar-refractivity contribution in [2.75, 3.05) is 37.6 Å². The van der Waals surface area contributed by atoms with Crippen molar-refractivity contribution in [1.82, 2.24) is 14.8 Å². The number of H-pyrrole nitrogens is 1. The molecule has 0 aliphatic carbocycles. The molecule has 2 aromatic carbocycles. The van der Waals surface area contributed by atoms with Crippen molar-refractivity contribution < 1.29 is 9.18 Å². The van der Waals surface area contributed by atoms with Crippen LogP contribution in [0, 0.1) is 5.82 Å². The molecule has 0 spiro atoms. The maximum atomic E-state index is 14.1. The number of rotatable bonds is 3. The number of hydrogen-bond donors (Lipinski definition) is 1. The van der Waals surface area contributed by atoms with Gasteiger partial charge in [0.1, 0.15) is 5.82 Å². The molecular weight excluding hydrogens is 379 g/mol. The number of para-hydroxylation sites is 2. The van der Waals surface area contributed by atoms with E-state index in [1.165, 1.54) is 22.7 Å². The Hall–Kier alpha value is -2.86. The molecule has 1 amide bonds. The van der Waals surface area contributed by atoms with Crippen LogP contribution in [-0.2, 0) is 17.8 Å². The second kappa shape index (κ2) is 7.76. The summed E-state index contributed by atoms with van der Waals surface area (Å²) in [7, 11) is 0. The van der Waals surface area contributed by atoms with Crippen LogP contribution in [0.25, 0.3) is 10.9 Å². The lowest BCUT2D eigenvalue weighted by Gasteiger charge is -2.40. The molecule has 1 N–H and O–H groups in total. The van der Waals surface area contributed by atoms with Gasteiger partial charge < -0.3 is 14.8 Å². The highest BCUT2D eigenvalue weighted by Crippen LogP contribution is 2.28. The van der Waals surface area contributed by atoms with Crippen molar-refractivity contribution in [2.45, 2.75) is 25.9 Å². The molecule has 0 bridgehead atoms. The molecule has 3 heterocycles. The average molecular weight is 407 g/mol. The predicted molar refractivity (Wildman–Crippen MR) is 117 cm³/mol. The topological polar surface area (TPSA) is 42.6 Å². The van der Waals surface area contributed by atoms with Crippen LogP contribution in [0.3, 0.4) is 0 Å². The summed E-state index contributed by atoms with van der Waals surface area (Å²) in [5.74, 6) is 0.00296. The summed E-state index contributed by atoms with van der Waals surface area (Å²) in [5, 5.41) is 1.22. The second-order valence-corrected chi connectivity index (χ2v) is 8.29. The SMILES string of the molecule is C[C@@H](C(=O)N1CCc2[nH]c3ccccc3c2C1)N1CCN(c2ccccc2F)CC1. The van der Waals surface area contributed by atoms with E-state index in [1.54, 1.807) is 6.07 Å². The number of carbonyl (C=O) groups excluding carboxylic acids is 1. The minimum absolute atomic E-state index is 0.167. The Balaban J connectivity index is 1.24. The maximum absolute atomic E-state index is 14.1. The van der Waals surface area contributed by atoms with Crippen molar-refractivity contribution in [3.8, 4) is 0 Å². The first-order valence-electron chi connectivity index (χ1n) is 10.7. The number of aromatic amines is 1. The number of carbonyl (C=O) groups is 1. The largest absolute Gasteiger partial charge is 0.367 e. The van der Waals surface area contributed by atoms with Crippen molar-refractivity contribution in [3.63, 3.8) is 0 Å². The zero-order valence-electron chi connectivity index (χ0n) is 17.3. The van der Waals surface area contributed by atoms with E-state index in [9.17, 15) is 9.18 Å². The van der Waals surface area contributed by atoms with E-state index in [0.29, 0.717) is 12.2 Å². The summed E-state index contributed by atoms with van der Waals surface area (Å²) in [4.78, 5) is 23.1. The Morgan fingerprint density at radius 1 is 1.00 bits per heavy atom. The molecule has 0 radical (unpaired) electrons. The van der Waals surface area contributed by atoms with E-state index in [1.807, 2.05) is 30.0 Å². The zero-order chi connectivity index (χ0) is 20.7. The third-order valence-corrected chi connectivity index (χ3v) is 6.61. The monoisotopic (exact) mass is 406 g/mol. The van der Waals surface area contributed by atoms with Gasteiger partial charge in [0.25, 0.3) is 0 Å². The maximum Gasteiger partial charge on any atom is 0.239 e. The number of anilines is 1. The van der Waals surface area contributed by atoms with Gasteiger partial charge in [-0.05, 0) is 25.1 Å². The molecule has 2 aliphatic heterocycles. The molecule has 1 saturated heterocycles. The predicted octanol–water partition coefficient (Wildman–Crippen LogP) is 3.40. The molecule has 5 rings (SSSR count). The zero-order valence-corrected chi connectivity index (χ0v) is 17.3. The Bertz CT molecular complexity index is 1070. The Morgan fingerprint density at radius 2 is 1.73 bits per heavy atom. The van der Waals surface area contributed by atoms with E-state index in [2.05, 4.69) is 33.0 Å². The van der Waals surface area contributed by atoms with Crippen LogP contribution in [0.2, 0.25) is 0 Å². The fourth-order valence-corrected chi connectivity index (χ4v) is 4.83. The Labute approximate surface area is 176 Å². The number of nitrogens with zero attached hydrogens (tertiary/aromatic N) is 3. The van der Waals surface area contributed by atoms with E-state index in [-0.39, 0.29) is 17.8 Å². The number of halogens is 1. The number of aromatic nitrogens is 1. The van der Waals surface area contributed by atoms with Crippen LogP contribution >= 0.6 is 0 Å². The number of nitrogens with one attached hydrogen (secondary N) is 1. The number of hydrogen-bond acceptors (Lipinski definition) is 3. The molecule has 6 heteroatoms. The van der Waals surface area contributed by atoms with E-state index in [4.69, 9.17) is 0 Å². The number of benzene rings is 2. The second-order valence-electron chi connectivity index (χ2n) is 8.29. The molecule has 2 aliphatic rings. The first-order valence-corrected chi connectivity index (χ1v) is 10.7. The molecule has 5 nitrogen and oxygen atoms in total. The van der Waals surface area contributed by atoms with Gasteiger partial charge in [0, 0.05) is 67.8 Å². The van der Waals surface area contributed by atoms with Crippen LogP contribution in [0.1, 0.15) is 18.2 Å². The van der Waals surface area contributed by atoms with Gasteiger partial charge in [0.05, 0.1) is 11.7 Å². The van der Waals surface area contributed by atoms with Gasteiger partial charge in [0.15, 0.2) is 0 Å². The fourth-order valence-electron chi connectivity index (χ4n) is 4.83. The lowest BCUT2D eigenvalue weighted by molar-refractivity contribution is -0.137. The Kier molecular flexibility index (Phi) is 4.95. The highest BCUT2D eigenvalue weighted by molar-refractivity contribution is 5.87. The minimum Gasteiger partial charge on any atom is -0.367 e. The third kappa shape index (κ3) is 3.35. The van der Waals surface area contributed by atoms with Crippen LogP contribution in [0.15, 0.2) is 48.5 Å². The molecule has 3 aromatic rings. The van der Waals surface area contributed by atoms with Gasteiger partial charge in [-0.3, -0.25) is 9.69 Å². The summed E-state index contributed by atoms with van der Waals surface area (Å²) in [6, 6.07) is 15.1. The van der Waals surface area contributed by atoms with Crippen LogP contribution in [-0.4, -0.2) is 59.5 Å². The summed E-state index contributed by atoms with van der Waals surface area (Å²) in [6.45, 7) is 6.39. The number of piperazine rings is 1. The van der Waals surface area contributed by atoms with Crippen molar-refractivity contribution in [1.29, 1.82) is 0 Å². The fraction of sp³-hybridized carbons (Fsp3) is 0.375. The highest BCUT2D eigenvalue weighted by Gasteiger charge is 2.31. The number of fused-ring (bicyclic) bond motifs is 3. The lowest BCUT2D eigenvalue weighted by atomic mass is 10.0. The average Bonchev–Trinajstić information content (AvgIpc) is 3.16. The highest BCUT2D eigenvalue weighted by atomic mass is 19.1. The lowest BCUT2D eigenvalue weighted by Crippen LogP contribution is -2.55. The van der Waals surface area contributed by atoms with Crippen molar-refractivity contribution >= 4 is 22.5 Å². The standard InChI is InChI=1S/C24H27FN4O/c1-17(27-12-14-28(15-13-27)23-9-5-3-7-20(23)25)24(30)29-11-10-22-19(16-29)18-6-2-4-8-21(18)26-22/h2-9,17,26H,10-16H2,1H3/t17-/m0/s1. The molecule has 0 saturated carbocycles. The van der Waals surface area contributed by atoms with Gasteiger partial charge in [0.2, 0.25) is 5.91 Å². The normalized spacial score (nSPS) is 18.5. The van der Waals surface area contributed by atoms with E-state index < -0.39 is 0 Å². The molecule has 156 valence electrons. The summed E-state index contributed by atoms with van der Waals surface area (Å²) < 4.78 is 14.1. The molecule has 1 fully saturated rings. The van der Waals surface area contributed by atoms with Gasteiger partial charge in [-0.15, -0.1) is 0 Å². The molecular formula is C24H27FN4O. The minimum atomic E-state index is -0.182. The Morgan fingerprint density at radius 3 is 2.53 bits per heavy atom. The summed E-state index contributed by atoms with van der Waals surface area (Å²) in [6.07, 6.45) is 0.865. The third-order valence-electron chi connectivity index (χ3n) is 6.61. The molecule has 0 unspecified atom stereocenters. The van der Waals surface area contributed by atoms with Crippen molar-refractivity contribution in [2.24, 2.45) is 0 Å².